The van der Waals surface area contributed by atoms with Gasteiger partial charge in [0, 0.05) is 22.6 Å². The molecule has 168 valence electrons. The number of hydrogen-bond acceptors (Lipinski definition) is 6. The molecule has 0 unspecified atom stereocenters. The fraction of sp³-hybridized carbons (Fsp3) is 0.0741. The number of amides is 1. The first-order chi connectivity index (χ1) is 16.7. The van der Waals surface area contributed by atoms with Gasteiger partial charge in [0.05, 0.1) is 5.71 Å². The molecule has 4 aromatic carbocycles. The summed E-state index contributed by atoms with van der Waals surface area (Å²) >= 11 is 1.42. The first kappa shape index (κ1) is 21.7. The fourth-order valence-electron chi connectivity index (χ4n) is 3.76. The standard InChI is InChI=1S/C27H22N4O2S/c28-27-31-30-24(17-34-27)23-15-20(13-14-25(23)33-16-18-7-2-1-3-8-18)29-26(32)22-12-6-10-19-9-4-5-11-21(19)22/h1-15H,16-17H2,(H2,28,31)(H,29,32). The lowest BCUT2D eigenvalue weighted by Crippen LogP contribution is -2.18. The van der Waals surface area contributed by atoms with Gasteiger partial charge >= 0.3 is 0 Å². The minimum Gasteiger partial charge on any atom is -0.488 e. The summed E-state index contributed by atoms with van der Waals surface area (Å²) in [4.78, 5) is 13.1. The monoisotopic (exact) mass is 466 g/mol. The highest BCUT2D eigenvalue weighted by Crippen LogP contribution is 2.28. The Morgan fingerprint density at radius 3 is 2.56 bits per heavy atom. The van der Waals surface area contributed by atoms with Gasteiger partial charge in [0.15, 0.2) is 5.17 Å². The molecule has 1 amide bonds. The lowest BCUT2D eigenvalue weighted by Gasteiger charge is -2.16. The highest BCUT2D eigenvalue weighted by Gasteiger charge is 2.18. The van der Waals surface area contributed by atoms with E-state index in [0.29, 0.717) is 34.5 Å². The molecule has 1 aliphatic heterocycles. The second-order valence-electron chi connectivity index (χ2n) is 7.74. The Labute approximate surface area is 201 Å². The van der Waals surface area contributed by atoms with E-state index in [-0.39, 0.29) is 5.91 Å². The number of fused-ring (bicyclic) bond motifs is 1. The molecule has 0 aliphatic carbocycles. The van der Waals surface area contributed by atoms with E-state index >= 15 is 0 Å². The highest BCUT2D eigenvalue weighted by atomic mass is 32.2. The Morgan fingerprint density at radius 2 is 1.74 bits per heavy atom. The van der Waals surface area contributed by atoms with Crippen molar-refractivity contribution in [3.8, 4) is 5.75 Å². The summed E-state index contributed by atoms with van der Waals surface area (Å²) in [5.41, 5.74) is 9.61. The molecule has 0 atom stereocenters. The molecule has 5 rings (SSSR count). The number of thioether (sulfide) groups is 1. The van der Waals surface area contributed by atoms with Gasteiger partial charge in [0.2, 0.25) is 0 Å². The summed E-state index contributed by atoms with van der Waals surface area (Å²) in [5.74, 6) is 1.06. The van der Waals surface area contributed by atoms with Gasteiger partial charge in [-0.05, 0) is 40.6 Å². The first-order valence-electron chi connectivity index (χ1n) is 10.8. The Bertz CT molecular complexity index is 1410. The van der Waals surface area contributed by atoms with Crippen LogP contribution in [0.3, 0.4) is 0 Å². The number of ether oxygens (including phenoxy) is 1. The average molecular weight is 467 g/mol. The SMILES string of the molecule is NC1=NN=C(c2cc(NC(=O)c3cccc4ccccc34)ccc2OCc2ccccc2)CS1. The molecule has 3 N–H and O–H groups in total. The van der Waals surface area contributed by atoms with Crippen LogP contribution in [0.4, 0.5) is 5.69 Å². The Hall–Kier alpha value is -4.10. The molecule has 0 saturated carbocycles. The zero-order valence-electron chi connectivity index (χ0n) is 18.3. The second-order valence-corrected chi connectivity index (χ2v) is 8.74. The second kappa shape index (κ2) is 9.80. The van der Waals surface area contributed by atoms with Crippen molar-refractivity contribution >= 4 is 45.0 Å². The van der Waals surface area contributed by atoms with E-state index in [9.17, 15) is 4.79 Å². The van der Waals surface area contributed by atoms with Gasteiger partial charge in [-0.3, -0.25) is 4.79 Å². The predicted octanol–water partition coefficient (Wildman–Crippen LogP) is 5.44. The lowest BCUT2D eigenvalue weighted by molar-refractivity contribution is 0.102. The van der Waals surface area contributed by atoms with E-state index in [2.05, 4.69) is 15.5 Å². The van der Waals surface area contributed by atoms with Crippen molar-refractivity contribution in [2.75, 3.05) is 11.1 Å². The van der Waals surface area contributed by atoms with Crippen molar-refractivity contribution in [1.82, 2.24) is 0 Å². The van der Waals surface area contributed by atoms with Gasteiger partial charge in [0.1, 0.15) is 12.4 Å². The minimum atomic E-state index is -0.178. The maximum atomic E-state index is 13.1. The number of benzene rings is 4. The Kier molecular flexibility index (Phi) is 6.27. The zero-order valence-corrected chi connectivity index (χ0v) is 19.1. The van der Waals surface area contributed by atoms with Crippen LogP contribution in [-0.2, 0) is 6.61 Å². The number of hydrogen-bond donors (Lipinski definition) is 2. The van der Waals surface area contributed by atoms with Crippen molar-refractivity contribution in [2.24, 2.45) is 15.9 Å². The van der Waals surface area contributed by atoms with Crippen LogP contribution in [-0.4, -0.2) is 22.5 Å². The van der Waals surface area contributed by atoms with E-state index in [1.54, 1.807) is 0 Å². The molecule has 0 aromatic heterocycles. The first-order valence-corrected chi connectivity index (χ1v) is 11.8. The fourth-order valence-corrected chi connectivity index (χ4v) is 4.35. The molecule has 7 heteroatoms. The van der Waals surface area contributed by atoms with Gasteiger partial charge in [0.25, 0.3) is 5.91 Å². The molecule has 0 radical (unpaired) electrons. The molecule has 0 spiro atoms. The van der Waals surface area contributed by atoms with Gasteiger partial charge in [-0.25, -0.2) is 0 Å². The van der Waals surface area contributed by atoms with Crippen LogP contribution in [0.5, 0.6) is 5.75 Å². The number of rotatable bonds is 6. The van der Waals surface area contributed by atoms with E-state index < -0.39 is 0 Å². The van der Waals surface area contributed by atoms with E-state index in [1.165, 1.54) is 11.8 Å². The van der Waals surface area contributed by atoms with Crippen molar-refractivity contribution in [1.29, 1.82) is 0 Å². The molecule has 4 aromatic rings. The number of nitrogens with one attached hydrogen (secondary N) is 1. The van der Waals surface area contributed by atoms with Crippen molar-refractivity contribution < 1.29 is 9.53 Å². The number of anilines is 1. The van der Waals surface area contributed by atoms with Gasteiger partial charge in [-0.1, -0.05) is 78.5 Å². The van der Waals surface area contributed by atoms with Gasteiger partial charge in [-0.2, -0.15) is 5.10 Å². The number of nitrogens with two attached hydrogens (primary N) is 1. The molecular weight excluding hydrogens is 444 g/mol. The largest absolute Gasteiger partial charge is 0.488 e. The maximum Gasteiger partial charge on any atom is 0.256 e. The molecule has 6 nitrogen and oxygen atoms in total. The van der Waals surface area contributed by atoms with Crippen LogP contribution in [0, 0.1) is 0 Å². The third-order valence-corrected chi connectivity index (χ3v) is 6.24. The van der Waals surface area contributed by atoms with E-state index in [0.717, 1.165) is 27.6 Å². The quantitative estimate of drug-likeness (QED) is 0.396. The van der Waals surface area contributed by atoms with Crippen LogP contribution in [0.15, 0.2) is 101 Å². The van der Waals surface area contributed by atoms with Gasteiger partial charge in [-0.15, -0.1) is 5.10 Å². The number of carbonyl (C=O) groups is 1. The zero-order chi connectivity index (χ0) is 23.3. The summed E-state index contributed by atoms with van der Waals surface area (Å²) in [6, 6.07) is 29.1. The molecule has 0 bridgehead atoms. The van der Waals surface area contributed by atoms with Crippen molar-refractivity contribution in [3.63, 3.8) is 0 Å². The lowest BCUT2D eigenvalue weighted by atomic mass is 10.0. The Morgan fingerprint density at radius 1 is 0.941 bits per heavy atom. The molecule has 0 saturated heterocycles. The average Bonchev–Trinajstić information content (AvgIpc) is 2.88. The van der Waals surface area contributed by atoms with E-state index in [1.807, 2.05) is 91.0 Å². The molecule has 1 aliphatic rings. The number of carbonyl (C=O) groups excluding carboxylic acids is 1. The van der Waals surface area contributed by atoms with E-state index in [4.69, 9.17) is 10.5 Å². The maximum absolute atomic E-state index is 13.1. The van der Waals surface area contributed by atoms with Crippen molar-refractivity contribution in [2.45, 2.75) is 6.61 Å². The summed E-state index contributed by atoms with van der Waals surface area (Å²) in [5, 5.41) is 13.7. The number of amidine groups is 1. The predicted molar refractivity (Wildman–Crippen MR) is 140 cm³/mol. The summed E-state index contributed by atoms with van der Waals surface area (Å²) in [6.07, 6.45) is 0. The topological polar surface area (TPSA) is 89.1 Å². The van der Waals surface area contributed by atoms with Crippen molar-refractivity contribution in [3.05, 3.63) is 108 Å². The van der Waals surface area contributed by atoms with Crippen LogP contribution in [0.1, 0.15) is 21.5 Å². The minimum absolute atomic E-state index is 0.178. The third-order valence-electron chi connectivity index (χ3n) is 5.45. The van der Waals surface area contributed by atoms with Crippen LogP contribution >= 0.6 is 11.8 Å². The van der Waals surface area contributed by atoms with Crippen LogP contribution < -0.4 is 15.8 Å². The molecule has 34 heavy (non-hydrogen) atoms. The normalized spacial score (nSPS) is 13.2. The molecule has 0 fully saturated rings. The molecule has 1 heterocycles. The smallest absolute Gasteiger partial charge is 0.256 e. The summed E-state index contributed by atoms with van der Waals surface area (Å²) in [7, 11) is 0. The van der Waals surface area contributed by atoms with Gasteiger partial charge < -0.3 is 15.8 Å². The van der Waals surface area contributed by atoms with Crippen LogP contribution in [0.25, 0.3) is 10.8 Å². The molecular formula is C27H22N4O2S. The van der Waals surface area contributed by atoms with Crippen LogP contribution in [0.2, 0.25) is 0 Å². The Balaban J connectivity index is 1.44. The third kappa shape index (κ3) is 4.79. The summed E-state index contributed by atoms with van der Waals surface area (Å²) in [6.45, 7) is 0.418. The highest BCUT2D eigenvalue weighted by molar-refractivity contribution is 8.14. The summed E-state index contributed by atoms with van der Waals surface area (Å²) < 4.78 is 6.12. The number of nitrogens with zero attached hydrogens (tertiary/aromatic N) is 2.